The Bertz CT molecular complexity index is 564. The third kappa shape index (κ3) is 3.46. The lowest BCUT2D eigenvalue weighted by molar-refractivity contribution is -0.122. The minimum absolute atomic E-state index is 0.0613. The normalized spacial score (nSPS) is 30.9. The first-order valence-electron chi connectivity index (χ1n) is 7.95. The molecule has 22 heavy (non-hydrogen) atoms. The molecule has 1 aromatic carbocycles. The van der Waals surface area contributed by atoms with Gasteiger partial charge in [0.15, 0.2) is 0 Å². The molecule has 2 saturated carbocycles. The molecule has 0 aliphatic heterocycles. The van der Waals surface area contributed by atoms with Crippen molar-refractivity contribution in [3.8, 4) is 0 Å². The molecule has 2 aliphatic rings. The molecule has 2 N–H and O–H groups in total. The van der Waals surface area contributed by atoms with Gasteiger partial charge in [0, 0.05) is 18.5 Å². The van der Waals surface area contributed by atoms with Gasteiger partial charge in [0.1, 0.15) is 11.6 Å². The highest BCUT2D eigenvalue weighted by molar-refractivity contribution is 5.82. The van der Waals surface area contributed by atoms with Crippen LogP contribution in [0.25, 0.3) is 0 Å². The Morgan fingerprint density at radius 3 is 2.82 bits per heavy atom. The Kier molecular flexibility index (Phi) is 4.43. The minimum atomic E-state index is -0.598. The average Bonchev–Trinajstić information content (AvgIpc) is 3.25. The molecule has 5 heteroatoms. The molecule has 4 unspecified atom stereocenters. The van der Waals surface area contributed by atoms with Gasteiger partial charge in [-0.2, -0.15) is 0 Å². The van der Waals surface area contributed by atoms with Crippen LogP contribution in [0.15, 0.2) is 18.2 Å². The van der Waals surface area contributed by atoms with E-state index in [0.717, 1.165) is 31.7 Å². The lowest BCUT2D eigenvalue weighted by Crippen LogP contribution is -2.34. The molecule has 0 radical (unpaired) electrons. The van der Waals surface area contributed by atoms with Crippen molar-refractivity contribution in [2.45, 2.75) is 44.1 Å². The van der Waals surface area contributed by atoms with Crippen LogP contribution in [0.2, 0.25) is 0 Å². The van der Waals surface area contributed by atoms with Gasteiger partial charge in [-0.1, -0.05) is 12.5 Å². The second-order valence-corrected chi connectivity index (χ2v) is 6.55. The highest BCUT2D eigenvalue weighted by Crippen LogP contribution is 2.48. The lowest BCUT2D eigenvalue weighted by Gasteiger charge is -2.25. The summed E-state index contributed by atoms with van der Waals surface area (Å²) >= 11 is 0. The van der Waals surface area contributed by atoms with E-state index in [1.54, 1.807) is 0 Å². The number of rotatable bonds is 4. The van der Waals surface area contributed by atoms with Crippen LogP contribution >= 0.6 is 0 Å². The van der Waals surface area contributed by atoms with Crippen LogP contribution < -0.4 is 5.32 Å². The summed E-state index contributed by atoms with van der Waals surface area (Å²) < 4.78 is 26.6. The molecule has 0 heterocycles. The van der Waals surface area contributed by atoms with Gasteiger partial charge in [0.05, 0.1) is 6.10 Å². The van der Waals surface area contributed by atoms with Crippen molar-refractivity contribution in [3.05, 3.63) is 35.4 Å². The van der Waals surface area contributed by atoms with E-state index in [4.69, 9.17) is 0 Å². The first kappa shape index (κ1) is 15.4. The van der Waals surface area contributed by atoms with Gasteiger partial charge in [0.2, 0.25) is 5.91 Å². The van der Waals surface area contributed by atoms with Crippen molar-refractivity contribution in [2.75, 3.05) is 6.54 Å². The van der Waals surface area contributed by atoms with Crippen molar-refractivity contribution in [1.82, 2.24) is 5.32 Å². The van der Waals surface area contributed by atoms with E-state index in [-0.39, 0.29) is 23.8 Å². The summed E-state index contributed by atoms with van der Waals surface area (Å²) in [6.45, 7) is 0.574. The van der Waals surface area contributed by atoms with Gasteiger partial charge in [-0.3, -0.25) is 4.79 Å². The molecule has 0 spiro atoms. The maximum absolute atomic E-state index is 13.7. The standard InChI is InChI=1S/C17H21F2NO2/c18-11-4-5-13(16(19)7-11)14-8-15(14)17(22)20-9-10-2-1-3-12(21)6-10/h4-5,7,10,12,14-15,21H,1-3,6,8-9H2,(H,20,22). The van der Waals surface area contributed by atoms with Crippen LogP contribution in [-0.4, -0.2) is 23.7 Å². The van der Waals surface area contributed by atoms with Crippen molar-refractivity contribution in [2.24, 2.45) is 11.8 Å². The quantitative estimate of drug-likeness (QED) is 0.898. The zero-order chi connectivity index (χ0) is 15.7. The third-order valence-electron chi connectivity index (χ3n) is 4.81. The van der Waals surface area contributed by atoms with Crippen molar-refractivity contribution in [1.29, 1.82) is 0 Å². The SMILES string of the molecule is O=C(NCC1CCCC(O)C1)C1CC1c1ccc(F)cc1F. The topological polar surface area (TPSA) is 49.3 Å². The van der Waals surface area contributed by atoms with Crippen molar-refractivity contribution >= 4 is 5.91 Å². The Hall–Kier alpha value is -1.49. The van der Waals surface area contributed by atoms with Crippen molar-refractivity contribution in [3.63, 3.8) is 0 Å². The second kappa shape index (κ2) is 6.32. The van der Waals surface area contributed by atoms with Gasteiger partial charge < -0.3 is 10.4 Å². The van der Waals surface area contributed by atoms with E-state index in [1.807, 2.05) is 0 Å². The number of benzene rings is 1. The number of aliphatic hydroxyl groups is 1. The first-order chi connectivity index (χ1) is 10.5. The number of carbonyl (C=O) groups is 1. The van der Waals surface area contributed by atoms with Crippen LogP contribution in [0.5, 0.6) is 0 Å². The van der Waals surface area contributed by atoms with E-state index in [2.05, 4.69) is 5.32 Å². The third-order valence-corrected chi connectivity index (χ3v) is 4.81. The number of carbonyl (C=O) groups excluding carboxylic acids is 1. The summed E-state index contributed by atoms with van der Waals surface area (Å²) in [6.07, 6.45) is 3.96. The molecule has 1 amide bonds. The summed E-state index contributed by atoms with van der Waals surface area (Å²) in [5, 5.41) is 12.5. The Morgan fingerprint density at radius 1 is 1.27 bits per heavy atom. The number of hydrogen-bond acceptors (Lipinski definition) is 2. The van der Waals surface area contributed by atoms with Crippen LogP contribution in [0, 0.1) is 23.5 Å². The van der Waals surface area contributed by atoms with E-state index >= 15 is 0 Å². The highest BCUT2D eigenvalue weighted by atomic mass is 19.1. The lowest BCUT2D eigenvalue weighted by atomic mass is 9.87. The van der Waals surface area contributed by atoms with Gasteiger partial charge in [-0.05, 0) is 49.1 Å². The van der Waals surface area contributed by atoms with E-state index in [1.165, 1.54) is 12.1 Å². The molecule has 0 aromatic heterocycles. The highest BCUT2D eigenvalue weighted by Gasteiger charge is 2.45. The monoisotopic (exact) mass is 309 g/mol. The fourth-order valence-corrected chi connectivity index (χ4v) is 3.45. The summed E-state index contributed by atoms with van der Waals surface area (Å²) in [5.74, 6) is -1.26. The molecule has 3 nitrogen and oxygen atoms in total. The van der Waals surface area contributed by atoms with E-state index in [0.29, 0.717) is 24.4 Å². The zero-order valence-electron chi connectivity index (χ0n) is 12.4. The van der Waals surface area contributed by atoms with Crippen LogP contribution in [0.1, 0.15) is 43.6 Å². The number of aliphatic hydroxyl groups excluding tert-OH is 1. The Labute approximate surface area is 128 Å². The molecule has 120 valence electrons. The predicted octanol–water partition coefficient (Wildman–Crippen LogP) is 2.74. The summed E-state index contributed by atoms with van der Waals surface area (Å²) in [4.78, 5) is 12.1. The van der Waals surface area contributed by atoms with E-state index in [9.17, 15) is 18.7 Å². The average molecular weight is 309 g/mol. The smallest absolute Gasteiger partial charge is 0.223 e. The molecule has 0 saturated heterocycles. The maximum atomic E-state index is 13.7. The van der Waals surface area contributed by atoms with E-state index < -0.39 is 11.6 Å². The molecular weight excluding hydrogens is 288 g/mol. The molecule has 4 atom stereocenters. The van der Waals surface area contributed by atoms with Crippen LogP contribution in [0.4, 0.5) is 8.78 Å². The Balaban J connectivity index is 1.50. The molecule has 2 fully saturated rings. The first-order valence-corrected chi connectivity index (χ1v) is 7.95. The predicted molar refractivity (Wildman–Crippen MR) is 78.2 cm³/mol. The summed E-state index contributed by atoms with van der Waals surface area (Å²) in [6, 6.07) is 3.53. The van der Waals surface area contributed by atoms with Crippen LogP contribution in [-0.2, 0) is 4.79 Å². The maximum Gasteiger partial charge on any atom is 0.223 e. The summed E-state index contributed by atoms with van der Waals surface area (Å²) in [5.41, 5.74) is 0.426. The number of nitrogens with one attached hydrogen (secondary N) is 1. The number of hydrogen-bond donors (Lipinski definition) is 2. The molecule has 0 bridgehead atoms. The number of amides is 1. The largest absolute Gasteiger partial charge is 0.393 e. The zero-order valence-corrected chi connectivity index (χ0v) is 12.4. The molecular formula is C17H21F2NO2. The molecule has 2 aliphatic carbocycles. The van der Waals surface area contributed by atoms with Crippen molar-refractivity contribution < 1.29 is 18.7 Å². The number of halogens is 2. The van der Waals surface area contributed by atoms with Crippen LogP contribution in [0.3, 0.4) is 0 Å². The second-order valence-electron chi connectivity index (χ2n) is 6.55. The fourth-order valence-electron chi connectivity index (χ4n) is 3.45. The van der Waals surface area contributed by atoms with Gasteiger partial charge in [0.25, 0.3) is 0 Å². The fraction of sp³-hybridized carbons (Fsp3) is 0.588. The van der Waals surface area contributed by atoms with Gasteiger partial charge >= 0.3 is 0 Å². The van der Waals surface area contributed by atoms with Gasteiger partial charge in [-0.15, -0.1) is 0 Å². The summed E-state index contributed by atoms with van der Waals surface area (Å²) in [7, 11) is 0. The van der Waals surface area contributed by atoms with Gasteiger partial charge in [-0.25, -0.2) is 8.78 Å². The molecule has 1 aromatic rings. The Morgan fingerprint density at radius 2 is 2.09 bits per heavy atom. The molecule has 3 rings (SSSR count). The minimum Gasteiger partial charge on any atom is -0.393 e.